The summed E-state index contributed by atoms with van der Waals surface area (Å²) < 4.78 is 74.9. The number of hydrogen-bond acceptors (Lipinski definition) is 29. The summed E-state index contributed by atoms with van der Waals surface area (Å²) in [6.45, 7) is 16.2. The van der Waals surface area contributed by atoms with Crippen LogP contribution >= 0.6 is 0 Å². The number of allylic oxidation sites excluding steroid dienone is 1. The Bertz CT molecular complexity index is 2760. The summed E-state index contributed by atoms with van der Waals surface area (Å²) in [4.78, 5) is 27.0. The van der Waals surface area contributed by atoms with Crippen molar-refractivity contribution in [1.29, 1.82) is 0 Å². The van der Waals surface area contributed by atoms with Gasteiger partial charge in [-0.05, 0) is 112 Å². The number of esters is 1. The van der Waals surface area contributed by atoms with Crippen molar-refractivity contribution in [2.75, 3.05) is 26.4 Å². The number of carboxylic acid groups (broad SMARTS) is 1. The van der Waals surface area contributed by atoms with Gasteiger partial charge in [0.2, 0.25) is 0 Å². The zero-order valence-electron chi connectivity index (χ0n) is 54.9. The van der Waals surface area contributed by atoms with E-state index < -0.39 is 236 Å². The molecule has 6 heterocycles. The molecule has 538 valence electrons. The third kappa shape index (κ3) is 11.2. The molecule has 0 radical (unpaired) electrons. The number of rotatable bonds is 16. The van der Waals surface area contributed by atoms with Gasteiger partial charge in [-0.15, -0.1) is 0 Å². The number of carbonyl (C=O) groups is 2. The van der Waals surface area contributed by atoms with Crippen LogP contribution in [0.25, 0.3) is 0 Å². The van der Waals surface area contributed by atoms with Gasteiger partial charge in [-0.1, -0.05) is 54.5 Å². The largest absolute Gasteiger partial charge is 0.479 e. The van der Waals surface area contributed by atoms with Gasteiger partial charge in [0.15, 0.2) is 43.8 Å². The van der Waals surface area contributed by atoms with Gasteiger partial charge in [0, 0.05) is 16.9 Å². The van der Waals surface area contributed by atoms with E-state index >= 15 is 0 Å². The number of fused-ring (bicyclic) bond motifs is 4. The molecule has 30 heteroatoms. The molecule has 11 aliphatic rings. The van der Waals surface area contributed by atoms with Crippen LogP contribution < -0.4 is 0 Å². The summed E-state index contributed by atoms with van der Waals surface area (Å²) in [5.41, 5.74) is -6.94. The van der Waals surface area contributed by atoms with Crippen molar-refractivity contribution in [2.45, 2.75) is 298 Å². The second-order valence-electron chi connectivity index (χ2n) is 31.1. The topological polar surface area (TPSA) is 469 Å². The fourth-order valence-corrected chi connectivity index (χ4v) is 19.9. The molecular weight excluding hydrogens is 1250 g/mol. The van der Waals surface area contributed by atoms with E-state index in [-0.39, 0.29) is 29.6 Å². The molecule has 0 amide bonds. The van der Waals surface area contributed by atoms with Crippen molar-refractivity contribution in [3.8, 4) is 0 Å². The quantitative estimate of drug-likeness (QED) is 0.0417. The van der Waals surface area contributed by atoms with E-state index in [1.165, 1.54) is 6.92 Å². The van der Waals surface area contributed by atoms with Crippen LogP contribution in [0.2, 0.25) is 0 Å². The Balaban J connectivity index is 0.909. The fourth-order valence-electron chi connectivity index (χ4n) is 19.9. The van der Waals surface area contributed by atoms with Gasteiger partial charge in [-0.25, -0.2) is 9.59 Å². The molecule has 6 aliphatic heterocycles. The minimum absolute atomic E-state index is 0.00991. The summed E-state index contributed by atoms with van der Waals surface area (Å²) in [5, 5.41) is 180. The van der Waals surface area contributed by atoms with Gasteiger partial charge in [-0.3, -0.25) is 0 Å². The molecule has 6 saturated heterocycles. The van der Waals surface area contributed by atoms with Crippen molar-refractivity contribution >= 4 is 11.9 Å². The fraction of sp³-hybridized carbons (Fsp3) is 0.938. The smallest absolute Gasteiger partial charge is 0.335 e. The molecule has 16 N–H and O–H groups in total. The van der Waals surface area contributed by atoms with Crippen LogP contribution in [0.15, 0.2) is 11.6 Å². The van der Waals surface area contributed by atoms with E-state index in [1.54, 1.807) is 19.9 Å². The highest BCUT2D eigenvalue weighted by Gasteiger charge is 2.84. The lowest BCUT2D eigenvalue weighted by Crippen LogP contribution is -2.75. The van der Waals surface area contributed by atoms with Gasteiger partial charge < -0.3 is 139 Å². The predicted octanol–water partition coefficient (Wildman–Crippen LogP) is -2.96. The van der Waals surface area contributed by atoms with E-state index in [9.17, 15) is 91.3 Å². The molecule has 2 bridgehead atoms. The van der Waals surface area contributed by atoms with Gasteiger partial charge in [-0.2, -0.15) is 0 Å². The Labute approximate surface area is 544 Å². The van der Waals surface area contributed by atoms with E-state index in [2.05, 4.69) is 34.6 Å². The first-order chi connectivity index (χ1) is 43.9. The van der Waals surface area contributed by atoms with Gasteiger partial charge in [0.1, 0.15) is 103 Å². The maximum Gasteiger partial charge on any atom is 0.335 e. The van der Waals surface area contributed by atoms with E-state index in [0.29, 0.717) is 56.9 Å². The molecule has 94 heavy (non-hydrogen) atoms. The van der Waals surface area contributed by atoms with Crippen molar-refractivity contribution in [2.24, 2.45) is 50.2 Å². The summed E-state index contributed by atoms with van der Waals surface area (Å²) in [7, 11) is 0. The zero-order chi connectivity index (χ0) is 68.9. The van der Waals surface area contributed by atoms with Gasteiger partial charge in [0.05, 0.1) is 55.8 Å². The van der Waals surface area contributed by atoms with E-state index in [1.807, 2.05) is 13.8 Å². The standard InChI is InChI=1S/C64H102O30/c1-11-25(2)50(80)87-34-20-57(4,5)18-31-63-17-13-30-59(8)15-14-33(58(6,7)29(59)12-16-60(30,9)61(63,10)19-32(68)64(31,34)56(81)94-63)88-54-47(93-51-41(75)38(72)36(70)27(21-65)85-51)43(42(76)44(90-54)49(78)79)89-53-46(40(74)37(71)28(22-66)86-53)91-52-45(39(73)35(69)26(3)84-52)92-55-48(77)62(82,23-67)24-83-55/h11,26-48,51-56,65-77,81-82H,12-24H2,1-10H3,(H,78,79)/b25-11-/t26-,27+,28+,29?,30?,31?,32+,33-,34-,35-,36-,37-,38-,39+,40-,41+,42-,43-,44-,45+,46+,47+,48-,51-,52-,53-,54+,55-,56+,59-,60+,61-,62+,63-,64+/m0/s1. The number of carboxylic acids is 1. The van der Waals surface area contributed by atoms with E-state index in [0.717, 1.165) is 0 Å². The van der Waals surface area contributed by atoms with Crippen LogP contribution in [0.4, 0.5) is 0 Å². The van der Waals surface area contributed by atoms with Gasteiger partial charge >= 0.3 is 11.9 Å². The highest BCUT2D eigenvalue weighted by Crippen LogP contribution is 2.81. The van der Waals surface area contributed by atoms with Crippen molar-refractivity contribution in [1.82, 2.24) is 0 Å². The first-order valence-electron chi connectivity index (χ1n) is 33.2. The minimum Gasteiger partial charge on any atom is -0.479 e. The number of ether oxygens (including phenoxy) is 12. The van der Waals surface area contributed by atoms with Crippen LogP contribution in [-0.4, -0.2) is 291 Å². The minimum atomic E-state index is -2.34. The lowest BCUT2D eigenvalue weighted by molar-refractivity contribution is -0.409. The monoisotopic (exact) mass is 1350 g/mol. The summed E-state index contributed by atoms with van der Waals surface area (Å²) >= 11 is 0. The second-order valence-corrected chi connectivity index (χ2v) is 31.1. The predicted molar refractivity (Wildman–Crippen MR) is 314 cm³/mol. The first kappa shape index (κ1) is 72.9. The Kier molecular flexibility index (Phi) is 20.1. The highest BCUT2D eigenvalue weighted by atomic mass is 16.8. The Morgan fingerprint density at radius 1 is 0.574 bits per heavy atom. The van der Waals surface area contributed by atoms with Crippen LogP contribution in [0.3, 0.4) is 0 Å². The lowest BCUT2D eigenvalue weighted by atomic mass is 9.30. The molecule has 0 aromatic carbocycles. The summed E-state index contributed by atoms with van der Waals surface area (Å²) in [6, 6.07) is 0. The van der Waals surface area contributed by atoms with Crippen molar-refractivity contribution < 1.29 is 148 Å². The van der Waals surface area contributed by atoms with Crippen LogP contribution in [0, 0.1) is 50.2 Å². The SMILES string of the molecule is C/C=C(/C)C(=O)O[C@H]1CC(C)(C)CC2[C@@]13[C@H](O)C[C@]1(C)[C@@]2(CCC2[C@@]4(C)CC[C@H](O[C@@H]5O[C@H](C(=O)O)[C@@H](O)[C@H](O[C@@H]6O[C@H](CO)[C@H](O)[C@H](O)[C@H]6O[C@@H]6O[C@@H](C)[C@H](O)[C@@H](O)[C@H]6O[C@@H]6OC[C@](O)(CO)[C@H]6O)[C@H]5O[C@@H]5O[C@H](CO)[C@H](O)[C@H](O)[C@H]5O)C(C)(C)C4CC[C@]21C)O[C@H]3O. The third-order valence-corrected chi connectivity index (χ3v) is 25.4. The highest BCUT2D eigenvalue weighted by molar-refractivity contribution is 5.87. The average molecular weight is 1350 g/mol. The Morgan fingerprint density at radius 2 is 1.15 bits per heavy atom. The van der Waals surface area contributed by atoms with Crippen LogP contribution in [0.5, 0.6) is 0 Å². The number of aliphatic hydroxyl groups excluding tert-OH is 14. The second kappa shape index (κ2) is 25.9. The van der Waals surface area contributed by atoms with Crippen molar-refractivity contribution in [3.05, 3.63) is 11.6 Å². The first-order valence-corrected chi connectivity index (χ1v) is 33.2. The molecular formula is C64H102O30. The molecule has 30 nitrogen and oxygen atoms in total. The molecule has 5 saturated carbocycles. The molecule has 5 aliphatic carbocycles. The molecule has 3 unspecified atom stereocenters. The maximum absolute atomic E-state index is 13.6. The maximum atomic E-state index is 13.6. The Morgan fingerprint density at radius 3 is 1.77 bits per heavy atom. The molecule has 11 fully saturated rings. The van der Waals surface area contributed by atoms with Crippen LogP contribution in [-0.2, 0) is 66.4 Å². The summed E-state index contributed by atoms with van der Waals surface area (Å²) in [5.74, 6) is -2.82. The normalized spacial score (nSPS) is 54.6. The van der Waals surface area contributed by atoms with E-state index in [4.69, 9.17) is 56.8 Å². The molecule has 11 rings (SSSR count). The number of carbonyl (C=O) groups excluding carboxylic acids is 1. The number of aliphatic hydroxyl groups is 15. The number of aliphatic carboxylic acids is 1. The van der Waals surface area contributed by atoms with Gasteiger partial charge in [0.25, 0.3) is 0 Å². The zero-order valence-corrected chi connectivity index (χ0v) is 54.9. The third-order valence-electron chi connectivity index (χ3n) is 25.4. The average Bonchev–Trinajstić information content (AvgIpc) is 1.38. The Hall–Kier alpha value is -2.36. The number of hydrogen-bond donors (Lipinski definition) is 16. The summed E-state index contributed by atoms with van der Waals surface area (Å²) in [6.07, 6.45) is -41.1. The van der Waals surface area contributed by atoms with Crippen LogP contribution in [0.1, 0.15) is 127 Å². The molecule has 0 aromatic rings. The molecule has 1 spiro atoms. The van der Waals surface area contributed by atoms with Crippen molar-refractivity contribution in [3.63, 3.8) is 0 Å². The molecule has 0 aromatic heterocycles. The molecule has 35 atom stereocenters. The lowest BCUT2D eigenvalue weighted by Gasteiger charge is -2.75.